The van der Waals surface area contributed by atoms with Crippen LogP contribution in [0.3, 0.4) is 0 Å². The third-order valence-electron chi connectivity index (χ3n) is 3.49. The third kappa shape index (κ3) is 2.47. The summed E-state index contributed by atoms with van der Waals surface area (Å²) in [6, 6.07) is 15.6. The van der Waals surface area contributed by atoms with Crippen LogP contribution in [0.5, 0.6) is 0 Å². The molecule has 0 saturated heterocycles. The zero-order valence-corrected chi connectivity index (χ0v) is 13.0. The molecular weight excluding hydrogens is 296 g/mol. The minimum Gasteiger partial charge on any atom is -0.211 e. The zero-order chi connectivity index (χ0) is 15.7. The third-order valence-corrected chi connectivity index (χ3v) is 3.72. The quantitative estimate of drug-likeness (QED) is 0.717. The predicted octanol–water partition coefficient (Wildman–Crippen LogP) is 4.08. The van der Waals surface area contributed by atoms with Gasteiger partial charge in [-0.2, -0.15) is 5.26 Å². The van der Waals surface area contributed by atoms with Gasteiger partial charge >= 0.3 is 0 Å². The van der Waals surface area contributed by atoms with Crippen LogP contribution in [0, 0.1) is 25.2 Å². The standard InChI is InChI=1S/C17H13ClN4/c1-11-3-5-13(6-4-11)17-15(10-19)20-21-22(17)16-8-7-14(18)9-12(16)2/h3-9H,1-2H3. The van der Waals surface area contributed by atoms with E-state index in [9.17, 15) is 5.26 Å². The van der Waals surface area contributed by atoms with Gasteiger partial charge in [-0.25, -0.2) is 4.68 Å². The van der Waals surface area contributed by atoms with E-state index in [2.05, 4.69) is 16.4 Å². The first-order valence-corrected chi connectivity index (χ1v) is 7.17. The van der Waals surface area contributed by atoms with Gasteiger partial charge in [0.25, 0.3) is 0 Å². The molecule has 2 aromatic carbocycles. The summed E-state index contributed by atoms with van der Waals surface area (Å²) < 4.78 is 1.69. The van der Waals surface area contributed by atoms with Crippen LogP contribution >= 0.6 is 11.6 Å². The maximum atomic E-state index is 9.32. The highest BCUT2D eigenvalue weighted by molar-refractivity contribution is 6.30. The fourth-order valence-electron chi connectivity index (χ4n) is 2.35. The van der Waals surface area contributed by atoms with Gasteiger partial charge in [0.2, 0.25) is 0 Å². The lowest BCUT2D eigenvalue weighted by Crippen LogP contribution is -2.02. The van der Waals surface area contributed by atoms with Gasteiger partial charge in [-0.3, -0.25) is 0 Å². The number of hydrogen-bond donors (Lipinski definition) is 0. The molecule has 0 radical (unpaired) electrons. The van der Waals surface area contributed by atoms with Crippen molar-refractivity contribution in [1.29, 1.82) is 5.26 Å². The second-order valence-corrected chi connectivity index (χ2v) is 5.54. The van der Waals surface area contributed by atoms with Crippen LogP contribution < -0.4 is 0 Å². The Hall–Kier alpha value is -2.64. The van der Waals surface area contributed by atoms with Crippen molar-refractivity contribution in [2.24, 2.45) is 0 Å². The Balaban J connectivity index is 2.24. The highest BCUT2D eigenvalue weighted by Gasteiger charge is 2.17. The minimum atomic E-state index is 0.304. The molecule has 22 heavy (non-hydrogen) atoms. The van der Waals surface area contributed by atoms with Crippen LogP contribution in [0.4, 0.5) is 0 Å². The first-order chi connectivity index (χ1) is 10.6. The van der Waals surface area contributed by atoms with E-state index in [-0.39, 0.29) is 0 Å². The van der Waals surface area contributed by atoms with Crippen molar-refractivity contribution in [3.8, 4) is 23.0 Å². The second-order valence-electron chi connectivity index (χ2n) is 5.11. The van der Waals surface area contributed by atoms with E-state index in [1.54, 1.807) is 10.7 Å². The van der Waals surface area contributed by atoms with Crippen LogP contribution in [0.1, 0.15) is 16.8 Å². The number of nitrogens with zero attached hydrogens (tertiary/aromatic N) is 4. The van der Waals surface area contributed by atoms with Crippen molar-refractivity contribution in [2.75, 3.05) is 0 Å². The molecule has 0 N–H and O–H groups in total. The molecule has 0 aliphatic carbocycles. The van der Waals surface area contributed by atoms with Gasteiger partial charge in [0.15, 0.2) is 5.69 Å². The molecule has 0 saturated carbocycles. The largest absolute Gasteiger partial charge is 0.211 e. The lowest BCUT2D eigenvalue weighted by atomic mass is 10.1. The van der Waals surface area contributed by atoms with Gasteiger partial charge in [0.1, 0.15) is 11.8 Å². The van der Waals surface area contributed by atoms with Crippen molar-refractivity contribution >= 4 is 11.6 Å². The average Bonchev–Trinajstić information content (AvgIpc) is 2.92. The smallest absolute Gasteiger partial charge is 0.191 e. The Morgan fingerprint density at radius 1 is 1.09 bits per heavy atom. The van der Waals surface area contributed by atoms with E-state index in [0.29, 0.717) is 16.4 Å². The normalized spacial score (nSPS) is 10.5. The van der Waals surface area contributed by atoms with Crippen molar-refractivity contribution in [3.05, 3.63) is 64.3 Å². The fraction of sp³-hybridized carbons (Fsp3) is 0.118. The van der Waals surface area contributed by atoms with E-state index in [4.69, 9.17) is 11.6 Å². The van der Waals surface area contributed by atoms with Crippen LogP contribution in [-0.4, -0.2) is 15.0 Å². The highest BCUT2D eigenvalue weighted by atomic mass is 35.5. The number of halogens is 1. The van der Waals surface area contributed by atoms with E-state index < -0.39 is 0 Å². The molecule has 0 amide bonds. The maximum Gasteiger partial charge on any atom is 0.191 e. The number of nitriles is 1. The molecule has 0 fully saturated rings. The summed E-state index contributed by atoms with van der Waals surface area (Å²) in [5.74, 6) is 0. The summed E-state index contributed by atoms with van der Waals surface area (Å²) >= 11 is 6.01. The van der Waals surface area contributed by atoms with Crippen molar-refractivity contribution < 1.29 is 0 Å². The average molecular weight is 309 g/mol. The number of rotatable bonds is 2. The number of aromatic nitrogens is 3. The molecule has 0 spiro atoms. The molecule has 0 atom stereocenters. The van der Waals surface area contributed by atoms with Crippen molar-refractivity contribution in [3.63, 3.8) is 0 Å². The fourth-order valence-corrected chi connectivity index (χ4v) is 2.58. The van der Waals surface area contributed by atoms with Gasteiger partial charge in [0, 0.05) is 10.6 Å². The Bertz CT molecular complexity index is 873. The van der Waals surface area contributed by atoms with Gasteiger partial charge < -0.3 is 0 Å². The molecule has 0 aliphatic rings. The van der Waals surface area contributed by atoms with Gasteiger partial charge in [-0.05, 0) is 37.6 Å². The van der Waals surface area contributed by atoms with Crippen LogP contribution in [0.15, 0.2) is 42.5 Å². The number of hydrogen-bond acceptors (Lipinski definition) is 3. The monoisotopic (exact) mass is 308 g/mol. The van der Waals surface area contributed by atoms with E-state index in [1.807, 2.05) is 50.2 Å². The highest BCUT2D eigenvalue weighted by Crippen LogP contribution is 2.27. The first-order valence-electron chi connectivity index (χ1n) is 6.79. The maximum absolute atomic E-state index is 9.32. The summed E-state index contributed by atoms with van der Waals surface area (Å²) in [7, 11) is 0. The Kier molecular flexibility index (Phi) is 3.66. The van der Waals surface area contributed by atoms with Crippen LogP contribution in [-0.2, 0) is 0 Å². The number of benzene rings is 2. The first kappa shape index (κ1) is 14.3. The molecular formula is C17H13ClN4. The molecule has 108 valence electrons. The topological polar surface area (TPSA) is 54.5 Å². The van der Waals surface area contributed by atoms with Gasteiger partial charge in [-0.15, -0.1) is 5.10 Å². The molecule has 0 aliphatic heterocycles. The van der Waals surface area contributed by atoms with Gasteiger partial charge in [-0.1, -0.05) is 46.6 Å². The summed E-state index contributed by atoms with van der Waals surface area (Å²) in [6.07, 6.45) is 0. The number of aryl methyl sites for hydroxylation is 2. The predicted molar refractivity (Wildman–Crippen MR) is 86.0 cm³/mol. The van der Waals surface area contributed by atoms with E-state index >= 15 is 0 Å². The molecule has 1 aromatic heterocycles. The minimum absolute atomic E-state index is 0.304. The summed E-state index contributed by atoms with van der Waals surface area (Å²) in [6.45, 7) is 3.97. The molecule has 0 bridgehead atoms. The zero-order valence-electron chi connectivity index (χ0n) is 12.2. The molecule has 3 rings (SSSR count). The van der Waals surface area contributed by atoms with E-state index in [1.165, 1.54) is 0 Å². The summed E-state index contributed by atoms with van der Waals surface area (Å²) in [5, 5.41) is 18.1. The van der Waals surface area contributed by atoms with Gasteiger partial charge in [0.05, 0.1) is 5.69 Å². The SMILES string of the molecule is Cc1ccc(-c2c(C#N)nnn2-c2ccc(Cl)cc2C)cc1. The lowest BCUT2D eigenvalue weighted by Gasteiger charge is -2.10. The Morgan fingerprint density at radius 2 is 1.82 bits per heavy atom. The molecule has 5 heteroatoms. The summed E-state index contributed by atoms with van der Waals surface area (Å²) in [4.78, 5) is 0. The van der Waals surface area contributed by atoms with Crippen molar-refractivity contribution in [2.45, 2.75) is 13.8 Å². The van der Waals surface area contributed by atoms with Crippen LogP contribution in [0.2, 0.25) is 5.02 Å². The van der Waals surface area contributed by atoms with Crippen molar-refractivity contribution in [1.82, 2.24) is 15.0 Å². The molecule has 0 unspecified atom stereocenters. The van der Waals surface area contributed by atoms with Crippen LogP contribution in [0.25, 0.3) is 16.9 Å². The molecule has 4 nitrogen and oxygen atoms in total. The lowest BCUT2D eigenvalue weighted by molar-refractivity contribution is 0.802. The van der Waals surface area contributed by atoms with E-state index in [0.717, 1.165) is 22.4 Å². The Morgan fingerprint density at radius 3 is 2.45 bits per heavy atom. The Labute approximate surface area is 133 Å². The second kappa shape index (κ2) is 5.63. The molecule has 1 heterocycles. The molecule has 3 aromatic rings. The summed E-state index contributed by atoms with van der Waals surface area (Å²) in [5.41, 5.74) is 4.88.